The van der Waals surface area contributed by atoms with Gasteiger partial charge in [0.2, 0.25) is 5.91 Å². The van der Waals surface area contributed by atoms with Crippen LogP contribution in [0.15, 0.2) is 24.3 Å². The van der Waals surface area contributed by atoms with Gasteiger partial charge in [0.25, 0.3) is 0 Å². The highest BCUT2D eigenvalue weighted by molar-refractivity contribution is 5.94. The van der Waals surface area contributed by atoms with Crippen LogP contribution in [0.1, 0.15) is 39.2 Å². The molecule has 0 aliphatic heterocycles. The van der Waals surface area contributed by atoms with Crippen molar-refractivity contribution in [2.45, 2.75) is 40.0 Å². The van der Waals surface area contributed by atoms with Gasteiger partial charge in [0.15, 0.2) is 0 Å². The first-order valence-corrected chi connectivity index (χ1v) is 6.75. The molecular weight excluding hydrogens is 238 g/mol. The second-order valence-electron chi connectivity index (χ2n) is 5.42. The number of rotatable bonds is 6. The molecule has 0 radical (unpaired) electrons. The predicted molar refractivity (Wildman–Crippen MR) is 78.3 cm³/mol. The Labute approximate surface area is 115 Å². The summed E-state index contributed by atoms with van der Waals surface area (Å²) in [5, 5.41) is 0. The fraction of sp³-hybridized carbons (Fsp3) is 0.500. The molecule has 104 valence electrons. The highest BCUT2D eigenvalue weighted by atomic mass is 16.2. The summed E-state index contributed by atoms with van der Waals surface area (Å²) < 4.78 is 0. The molecule has 0 aliphatic rings. The number of benzene rings is 1. The van der Waals surface area contributed by atoms with E-state index in [0.29, 0.717) is 12.3 Å². The lowest BCUT2D eigenvalue weighted by Gasteiger charge is -2.17. The van der Waals surface area contributed by atoms with Crippen LogP contribution in [0.4, 0.5) is 5.69 Å². The van der Waals surface area contributed by atoms with E-state index < -0.39 is 0 Å². The molecule has 0 aliphatic carbocycles. The second kappa shape index (κ2) is 7.07. The highest BCUT2D eigenvalue weighted by Crippen LogP contribution is 2.17. The van der Waals surface area contributed by atoms with E-state index in [2.05, 4.69) is 26.0 Å². The van der Waals surface area contributed by atoms with Crippen molar-refractivity contribution >= 4 is 17.4 Å². The lowest BCUT2D eigenvalue weighted by atomic mass is 10.0. The minimum atomic E-state index is -0.0215. The molecule has 3 heteroatoms. The van der Waals surface area contributed by atoms with E-state index in [9.17, 15) is 9.59 Å². The smallest absolute Gasteiger partial charge is 0.227 e. The summed E-state index contributed by atoms with van der Waals surface area (Å²) in [6.07, 6.45) is 1.64. The number of anilines is 1. The molecule has 0 saturated heterocycles. The maximum atomic E-state index is 11.9. The SMILES string of the molecule is CC(=O)CCC(=O)N(C)c1ccc(CC(C)C)cc1. The molecular formula is C16H23NO2. The number of hydrogen-bond donors (Lipinski definition) is 0. The normalized spacial score (nSPS) is 10.6. The molecule has 19 heavy (non-hydrogen) atoms. The van der Waals surface area contributed by atoms with Gasteiger partial charge in [0, 0.05) is 25.6 Å². The lowest BCUT2D eigenvalue weighted by molar-refractivity contribution is -0.122. The van der Waals surface area contributed by atoms with Crippen molar-refractivity contribution < 1.29 is 9.59 Å². The van der Waals surface area contributed by atoms with Gasteiger partial charge >= 0.3 is 0 Å². The Morgan fingerprint density at radius 1 is 1.11 bits per heavy atom. The zero-order valence-corrected chi connectivity index (χ0v) is 12.3. The maximum Gasteiger partial charge on any atom is 0.227 e. The topological polar surface area (TPSA) is 37.4 Å². The van der Waals surface area contributed by atoms with Crippen LogP contribution in [0.3, 0.4) is 0 Å². The van der Waals surface area contributed by atoms with Crippen LogP contribution in [0.25, 0.3) is 0 Å². The van der Waals surface area contributed by atoms with Crippen molar-refractivity contribution in [1.29, 1.82) is 0 Å². The Morgan fingerprint density at radius 2 is 1.68 bits per heavy atom. The molecule has 0 N–H and O–H groups in total. The van der Waals surface area contributed by atoms with Crippen molar-refractivity contribution in [3.05, 3.63) is 29.8 Å². The number of hydrogen-bond acceptors (Lipinski definition) is 2. The molecule has 0 fully saturated rings. The van der Waals surface area contributed by atoms with E-state index in [1.807, 2.05) is 12.1 Å². The summed E-state index contributed by atoms with van der Waals surface area (Å²) in [5.41, 5.74) is 2.16. The standard InChI is InChI=1S/C16H23NO2/c1-12(2)11-14-6-8-15(9-7-14)17(4)16(19)10-5-13(3)18/h6-9,12H,5,10-11H2,1-4H3. The third-order valence-electron chi connectivity index (χ3n) is 3.03. The zero-order valence-electron chi connectivity index (χ0n) is 12.3. The molecule has 1 aromatic carbocycles. The first-order chi connectivity index (χ1) is 8.90. The molecule has 1 rings (SSSR count). The third kappa shape index (κ3) is 5.25. The average Bonchev–Trinajstić information content (AvgIpc) is 2.35. The Hall–Kier alpha value is -1.64. The predicted octanol–water partition coefficient (Wildman–Crippen LogP) is 3.22. The van der Waals surface area contributed by atoms with Crippen molar-refractivity contribution in [1.82, 2.24) is 0 Å². The Kier molecular flexibility index (Phi) is 5.74. The van der Waals surface area contributed by atoms with E-state index in [1.165, 1.54) is 12.5 Å². The van der Waals surface area contributed by atoms with E-state index in [0.717, 1.165) is 12.1 Å². The van der Waals surface area contributed by atoms with E-state index in [4.69, 9.17) is 0 Å². The lowest BCUT2D eigenvalue weighted by Crippen LogP contribution is -2.26. The molecule has 0 unspecified atom stereocenters. The Balaban J connectivity index is 2.64. The van der Waals surface area contributed by atoms with Gasteiger partial charge in [-0.3, -0.25) is 4.79 Å². The Bertz CT molecular complexity index is 435. The molecule has 0 saturated carbocycles. The van der Waals surface area contributed by atoms with E-state index >= 15 is 0 Å². The molecule has 3 nitrogen and oxygen atoms in total. The summed E-state index contributed by atoms with van der Waals surface area (Å²) in [7, 11) is 1.75. The number of amides is 1. The van der Waals surface area contributed by atoms with Gasteiger partial charge in [0.1, 0.15) is 5.78 Å². The second-order valence-corrected chi connectivity index (χ2v) is 5.42. The van der Waals surface area contributed by atoms with Crippen LogP contribution in [0, 0.1) is 5.92 Å². The number of ketones is 1. The van der Waals surface area contributed by atoms with Crippen molar-refractivity contribution in [2.75, 3.05) is 11.9 Å². The number of nitrogens with zero attached hydrogens (tertiary/aromatic N) is 1. The quantitative estimate of drug-likeness (QED) is 0.788. The van der Waals surface area contributed by atoms with Crippen molar-refractivity contribution in [3.8, 4) is 0 Å². The van der Waals surface area contributed by atoms with Crippen LogP contribution >= 0.6 is 0 Å². The monoisotopic (exact) mass is 261 g/mol. The summed E-state index contributed by atoms with van der Waals surface area (Å²) in [6.45, 7) is 5.88. The van der Waals surface area contributed by atoms with Crippen LogP contribution in [0.5, 0.6) is 0 Å². The van der Waals surface area contributed by atoms with Crippen LogP contribution in [0.2, 0.25) is 0 Å². The van der Waals surface area contributed by atoms with E-state index in [1.54, 1.807) is 11.9 Å². The van der Waals surface area contributed by atoms with Gasteiger partial charge in [-0.15, -0.1) is 0 Å². The Morgan fingerprint density at radius 3 is 2.16 bits per heavy atom. The number of carbonyl (C=O) groups is 2. The highest BCUT2D eigenvalue weighted by Gasteiger charge is 2.11. The molecule has 1 amide bonds. The molecule has 0 aromatic heterocycles. The number of Topliss-reactive ketones (excluding diaryl/α,β-unsaturated/α-hetero) is 1. The maximum absolute atomic E-state index is 11.9. The first-order valence-electron chi connectivity index (χ1n) is 6.75. The minimum absolute atomic E-state index is 0.0215. The van der Waals surface area contributed by atoms with Crippen molar-refractivity contribution in [2.24, 2.45) is 5.92 Å². The summed E-state index contributed by atoms with van der Waals surface area (Å²) in [4.78, 5) is 24.4. The van der Waals surface area contributed by atoms with Crippen molar-refractivity contribution in [3.63, 3.8) is 0 Å². The van der Waals surface area contributed by atoms with Crippen LogP contribution < -0.4 is 4.90 Å². The largest absolute Gasteiger partial charge is 0.315 e. The van der Waals surface area contributed by atoms with Crippen LogP contribution in [-0.2, 0) is 16.0 Å². The summed E-state index contributed by atoms with van der Waals surface area (Å²) in [5.74, 6) is 0.654. The van der Waals surface area contributed by atoms with Gasteiger partial charge < -0.3 is 9.69 Å². The molecule has 0 heterocycles. The fourth-order valence-corrected chi connectivity index (χ4v) is 1.92. The van der Waals surface area contributed by atoms with E-state index in [-0.39, 0.29) is 18.1 Å². The molecule has 0 atom stereocenters. The average molecular weight is 261 g/mol. The molecule has 0 spiro atoms. The summed E-state index contributed by atoms with van der Waals surface area (Å²) in [6, 6.07) is 8.04. The summed E-state index contributed by atoms with van der Waals surface area (Å²) >= 11 is 0. The number of carbonyl (C=O) groups excluding carboxylic acids is 2. The van der Waals surface area contributed by atoms with Gasteiger partial charge in [-0.25, -0.2) is 0 Å². The first kappa shape index (κ1) is 15.4. The third-order valence-corrected chi connectivity index (χ3v) is 3.03. The van der Waals surface area contributed by atoms with Gasteiger partial charge in [-0.1, -0.05) is 26.0 Å². The zero-order chi connectivity index (χ0) is 14.4. The van der Waals surface area contributed by atoms with Gasteiger partial charge in [-0.05, 0) is 37.0 Å². The van der Waals surface area contributed by atoms with Crippen LogP contribution in [-0.4, -0.2) is 18.7 Å². The molecule has 1 aromatic rings. The minimum Gasteiger partial charge on any atom is -0.315 e. The van der Waals surface area contributed by atoms with Gasteiger partial charge in [0.05, 0.1) is 0 Å². The van der Waals surface area contributed by atoms with Gasteiger partial charge in [-0.2, -0.15) is 0 Å². The fourth-order valence-electron chi connectivity index (χ4n) is 1.92. The molecule has 0 bridgehead atoms.